The molecule has 28 heavy (non-hydrogen) atoms. The van der Waals surface area contributed by atoms with E-state index in [-0.39, 0.29) is 23.2 Å². The quantitative estimate of drug-likeness (QED) is 0.685. The highest BCUT2D eigenvalue weighted by Gasteiger charge is 2.34. The summed E-state index contributed by atoms with van der Waals surface area (Å²) in [6, 6.07) is 13.1. The molecule has 4 nitrogen and oxygen atoms in total. The molecule has 0 bridgehead atoms. The summed E-state index contributed by atoms with van der Waals surface area (Å²) < 4.78 is 13.5. The Bertz CT molecular complexity index is 877. The Morgan fingerprint density at radius 3 is 2.71 bits per heavy atom. The van der Waals surface area contributed by atoms with Crippen molar-refractivity contribution < 1.29 is 14.0 Å². The van der Waals surface area contributed by atoms with Gasteiger partial charge in [0.2, 0.25) is 5.91 Å². The number of thioether (sulfide) groups is 1. The molecule has 0 N–H and O–H groups in total. The topological polar surface area (TPSA) is 40.6 Å². The van der Waals surface area contributed by atoms with E-state index >= 15 is 0 Å². The molecule has 0 spiro atoms. The maximum atomic E-state index is 13.5. The van der Waals surface area contributed by atoms with Gasteiger partial charge in [-0.2, -0.15) is 0 Å². The Balaban J connectivity index is 1.76. The SMILES string of the molecule is CC(C)N(CCN1C(=O)CS[C@H]1c1ccccc1Cl)C(=O)c1cccc(F)c1. The van der Waals surface area contributed by atoms with Gasteiger partial charge < -0.3 is 9.80 Å². The zero-order chi connectivity index (χ0) is 20.3. The summed E-state index contributed by atoms with van der Waals surface area (Å²) in [5.41, 5.74) is 1.20. The Labute approximate surface area is 173 Å². The molecule has 0 aromatic heterocycles. The van der Waals surface area contributed by atoms with Crippen LogP contribution < -0.4 is 0 Å². The highest BCUT2D eigenvalue weighted by atomic mass is 35.5. The molecular weight excluding hydrogens is 399 g/mol. The molecule has 1 aliphatic heterocycles. The van der Waals surface area contributed by atoms with Crippen LogP contribution in [0.5, 0.6) is 0 Å². The molecule has 0 saturated carbocycles. The van der Waals surface area contributed by atoms with E-state index in [2.05, 4.69) is 0 Å². The predicted octanol–water partition coefficient (Wildman–Crippen LogP) is 4.60. The summed E-state index contributed by atoms with van der Waals surface area (Å²) in [4.78, 5) is 28.7. The maximum absolute atomic E-state index is 13.5. The van der Waals surface area contributed by atoms with Crippen LogP contribution in [0.3, 0.4) is 0 Å². The fraction of sp³-hybridized carbons (Fsp3) is 0.333. The third-order valence-electron chi connectivity index (χ3n) is 4.68. The van der Waals surface area contributed by atoms with Crippen molar-refractivity contribution in [2.75, 3.05) is 18.8 Å². The Hall–Kier alpha value is -2.05. The van der Waals surface area contributed by atoms with Crippen molar-refractivity contribution in [3.05, 3.63) is 70.5 Å². The smallest absolute Gasteiger partial charge is 0.254 e. The molecule has 1 aliphatic rings. The number of halogens is 2. The lowest BCUT2D eigenvalue weighted by molar-refractivity contribution is -0.128. The average Bonchev–Trinajstić information content (AvgIpc) is 3.02. The number of hydrogen-bond acceptors (Lipinski definition) is 3. The summed E-state index contributed by atoms with van der Waals surface area (Å²) in [6.07, 6.45) is 0. The molecule has 148 valence electrons. The minimum Gasteiger partial charge on any atom is -0.334 e. The molecule has 2 aromatic rings. The summed E-state index contributed by atoms with van der Waals surface area (Å²) >= 11 is 7.86. The summed E-state index contributed by atoms with van der Waals surface area (Å²) in [5, 5.41) is 0.454. The van der Waals surface area contributed by atoms with Gasteiger partial charge in [0, 0.05) is 35.3 Å². The zero-order valence-corrected chi connectivity index (χ0v) is 17.3. The summed E-state index contributed by atoms with van der Waals surface area (Å²) in [6.45, 7) is 4.56. The predicted molar refractivity (Wildman–Crippen MR) is 111 cm³/mol. The van der Waals surface area contributed by atoms with Gasteiger partial charge in [-0.3, -0.25) is 9.59 Å². The van der Waals surface area contributed by atoms with Gasteiger partial charge >= 0.3 is 0 Å². The third kappa shape index (κ3) is 4.50. The number of rotatable bonds is 6. The molecule has 1 fully saturated rings. The first-order chi connectivity index (χ1) is 13.4. The summed E-state index contributed by atoms with van der Waals surface area (Å²) in [7, 11) is 0. The fourth-order valence-electron chi connectivity index (χ4n) is 3.23. The van der Waals surface area contributed by atoms with Crippen LogP contribution in [0.25, 0.3) is 0 Å². The van der Waals surface area contributed by atoms with E-state index in [0.29, 0.717) is 29.4 Å². The number of amides is 2. The lowest BCUT2D eigenvalue weighted by atomic mass is 10.1. The van der Waals surface area contributed by atoms with Gasteiger partial charge in [0.15, 0.2) is 0 Å². The first kappa shape index (κ1) is 20.7. The van der Waals surface area contributed by atoms with Crippen molar-refractivity contribution in [1.82, 2.24) is 9.80 Å². The molecule has 1 atom stereocenters. The molecule has 1 saturated heterocycles. The molecule has 7 heteroatoms. The van der Waals surface area contributed by atoms with Gasteiger partial charge in [-0.25, -0.2) is 4.39 Å². The van der Waals surface area contributed by atoms with E-state index in [9.17, 15) is 14.0 Å². The van der Waals surface area contributed by atoms with Crippen LogP contribution in [0.15, 0.2) is 48.5 Å². The van der Waals surface area contributed by atoms with E-state index < -0.39 is 5.82 Å². The fourth-order valence-corrected chi connectivity index (χ4v) is 4.78. The van der Waals surface area contributed by atoms with Gasteiger partial charge in [-0.05, 0) is 38.1 Å². The van der Waals surface area contributed by atoms with E-state index in [0.717, 1.165) is 5.56 Å². The largest absolute Gasteiger partial charge is 0.334 e. The van der Waals surface area contributed by atoms with Crippen LogP contribution in [-0.2, 0) is 4.79 Å². The Morgan fingerprint density at radius 1 is 1.29 bits per heavy atom. The van der Waals surface area contributed by atoms with Gasteiger partial charge in [0.25, 0.3) is 5.91 Å². The van der Waals surface area contributed by atoms with Gasteiger partial charge in [0.1, 0.15) is 11.2 Å². The second kappa shape index (κ2) is 8.97. The van der Waals surface area contributed by atoms with Crippen molar-refractivity contribution in [2.45, 2.75) is 25.3 Å². The molecule has 1 heterocycles. The van der Waals surface area contributed by atoms with Crippen LogP contribution in [0.2, 0.25) is 5.02 Å². The van der Waals surface area contributed by atoms with Crippen LogP contribution in [0, 0.1) is 5.82 Å². The number of carbonyl (C=O) groups is 2. The lowest BCUT2D eigenvalue weighted by Crippen LogP contribution is -2.43. The minimum atomic E-state index is -0.445. The zero-order valence-electron chi connectivity index (χ0n) is 15.8. The van der Waals surface area contributed by atoms with Crippen molar-refractivity contribution in [1.29, 1.82) is 0 Å². The van der Waals surface area contributed by atoms with Crippen LogP contribution in [0.4, 0.5) is 4.39 Å². The van der Waals surface area contributed by atoms with Gasteiger partial charge in [-0.15, -0.1) is 11.8 Å². The maximum Gasteiger partial charge on any atom is 0.254 e. The van der Waals surface area contributed by atoms with Crippen LogP contribution >= 0.6 is 23.4 Å². The Morgan fingerprint density at radius 2 is 2.04 bits per heavy atom. The standard InChI is InChI=1S/C21H22ClFN2O2S/c1-14(2)24(20(27)15-6-5-7-16(23)12-15)10-11-25-19(26)13-28-21(25)17-8-3-4-9-18(17)22/h3-9,12,14,21H,10-11,13H2,1-2H3/t21-/m0/s1. The van der Waals surface area contributed by atoms with Crippen molar-refractivity contribution >= 4 is 35.2 Å². The second-order valence-corrected chi connectivity index (χ2v) is 8.35. The number of nitrogens with zero attached hydrogens (tertiary/aromatic N) is 2. The molecule has 0 unspecified atom stereocenters. The van der Waals surface area contributed by atoms with Crippen LogP contribution in [-0.4, -0.2) is 46.5 Å². The average molecular weight is 421 g/mol. The molecule has 2 amide bonds. The molecular formula is C21H22ClFN2O2S. The van der Waals surface area contributed by atoms with Crippen molar-refractivity contribution in [2.24, 2.45) is 0 Å². The number of benzene rings is 2. The molecule has 3 rings (SSSR count). The Kier molecular flexibility index (Phi) is 6.62. The van der Waals surface area contributed by atoms with Gasteiger partial charge in [0.05, 0.1) is 5.75 Å². The minimum absolute atomic E-state index is 0.0248. The van der Waals surface area contributed by atoms with Crippen molar-refractivity contribution in [3.63, 3.8) is 0 Å². The number of carbonyl (C=O) groups excluding carboxylic acids is 2. The van der Waals surface area contributed by atoms with Crippen LogP contribution in [0.1, 0.15) is 35.1 Å². The molecule has 2 aromatic carbocycles. The van der Waals surface area contributed by atoms with Gasteiger partial charge in [-0.1, -0.05) is 35.9 Å². The highest BCUT2D eigenvalue weighted by molar-refractivity contribution is 8.00. The summed E-state index contributed by atoms with van der Waals surface area (Å²) in [5.74, 6) is -0.283. The monoisotopic (exact) mass is 420 g/mol. The highest BCUT2D eigenvalue weighted by Crippen LogP contribution is 2.41. The van der Waals surface area contributed by atoms with E-state index in [1.165, 1.54) is 30.0 Å². The molecule has 0 aliphatic carbocycles. The first-order valence-corrected chi connectivity index (χ1v) is 10.5. The number of hydrogen-bond donors (Lipinski definition) is 0. The van der Waals surface area contributed by atoms with Crippen molar-refractivity contribution in [3.8, 4) is 0 Å². The van der Waals surface area contributed by atoms with E-state index in [1.54, 1.807) is 15.9 Å². The normalized spacial score (nSPS) is 16.7. The lowest BCUT2D eigenvalue weighted by Gasteiger charge is -2.31. The first-order valence-electron chi connectivity index (χ1n) is 9.10. The molecule has 0 radical (unpaired) electrons. The third-order valence-corrected chi connectivity index (χ3v) is 6.26. The van der Waals surface area contributed by atoms with E-state index in [4.69, 9.17) is 11.6 Å². The van der Waals surface area contributed by atoms with E-state index in [1.807, 2.05) is 38.1 Å². The second-order valence-electron chi connectivity index (χ2n) is 6.87.